The number of nitrogens with zero attached hydrogens (tertiary/aromatic N) is 2. The molecule has 0 atom stereocenters. The number of para-hydroxylation sites is 3. The van der Waals surface area contributed by atoms with Gasteiger partial charge in [0.2, 0.25) is 0 Å². The van der Waals surface area contributed by atoms with Crippen LogP contribution in [-0.2, 0) is 5.41 Å². The first-order valence-corrected chi connectivity index (χ1v) is 23.8. The molecule has 0 aliphatic heterocycles. The van der Waals surface area contributed by atoms with E-state index >= 15 is 0 Å². The maximum Gasteiger partial charge on any atom is 0.143 e. The van der Waals surface area contributed by atoms with Crippen molar-refractivity contribution in [3.8, 4) is 39.1 Å². The molecule has 3 nitrogen and oxygen atoms in total. The Labute approximate surface area is 386 Å². The number of aromatic nitrogens is 1. The fraction of sp³-hybridized carbons (Fsp3) is 0.143. The van der Waals surface area contributed by atoms with Gasteiger partial charge in [-0.3, -0.25) is 0 Å². The highest BCUT2D eigenvalue weighted by Gasteiger charge is 2.36. The Morgan fingerprint density at radius 3 is 1.92 bits per heavy atom. The lowest BCUT2D eigenvalue weighted by Gasteiger charge is -2.27. The highest BCUT2D eigenvalue weighted by Crippen LogP contribution is 2.52. The van der Waals surface area contributed by atoms with Crippen LogP contribution in [0.5, 0.6) is 0 Å². The minimum absolute atomic E-state index is 0.0836. The van der Waals surface area contributed by atoms with Crippen LogP contribution in [0, 0.1) is 0 Å². The Kier molecular flexibility index (Phi) is 8.96. The molecule has 1 saturated carbocycles. The Bertz CT molecular complexity index is 3640. The first-order valence-electron chi connectivity index (χ1n) is 23.8. The van der Waals surface area contributed by atoms with E-state index in [0.29, 0.717) is 5.92 Å². The van der Waals surface area contributed by atoms with Gasteiger partial charge in [0, 0.05) is 55.3 Å². The molecule has 66 heavy (non-hydrogen) atoms. The van der Waals surface area contributed by atoms with Crippen LogP contribution in [0.4, 0.5) is 17.1 Å². The normalized spacial score (nSPS) is 14.6. The third-order valence-electron chi connectivity index (χ3n) is 15.0. The van der Waals surface area contributed by atoms with Gasteiger partial charge in [-0.15, -0.1) is 0 Å². The molecule has 3 heteroatoms. The lowest BCUT2D eigenvalue weighted by molar-refractivity contribution is 0.443. The van der Waals surface area contributed by atoms with Crippen molar-refractivity contribution in [1.29, 1.82) is 0 Å². The van der Waals surface area contributed by atoms with E-state index in [-0.39, 0.29) is 5.41 Å². The summed E-state index contributed by atoms with van der Waals surface area (Å²) in [5.41, 5.74) is 20.3. The van der Waals surface area contributed by atoms with Crippen molar-refractivity contribution < 1.29 is 4.42 Å². The number of fused-ring (bicyclic) bond motifs is 9. The van der Waals surface area contributed by atoms with Gasteiger partial charge in [0.1, 0.15) is 11.2 Å². The fourth-order valence-corrected chi connectivity index (χ4v) is 11.6. The number of furan rings is 1. The SMILES string of the molecule is CC1(C)c2ccc(C3CCCCC3)cc2-c2cc(N(c3ccc(-c4cccc5c4oc4ccc(-c6ccccc6)cc45)cc3)c3ccc4c(c3)c3ccccc3n4-c3ccccc3)ccc21. The topological polar surface area (TPSA) is 21.3 Å². The molecule has 318 valence electrons. The second-order valence-corrected chi connectivity index (χ2v) is 19.1. The molecule has 0 spiro atoms. The zero-order valence-corrected chi connectivity index (χ0v) is 37.5. The smallest absolute Gasteiger partial charge is 0.143 e. The van der Waals surface area contributed by atoms with Gasteiger partial charge in [0.15, 0.2) is 0 Å². The van der Waals surface area contributed by atoms with Crippen LogP contribution >= 0.6 is 0 Å². The Morgan fingerprint density at radius 1 is 0.455 bits per heavy atom. The van der Waals surface area contributed by atoms with Crippen molar-refractivity contribution >= 4 is 60.8 Å². The van der Waals surface area contributed by atoms with Crippen LogP contribution in [0.15, 0.2) is 205 Å². The highest BCUT2D eigenvalue weighted by molar-refractivity contribution is 6.12. The monoisotopic (exact) mass is 850 g/mol. The molecule has 0 amide bonds. The molecule has 0 N–H and O–H groups in total. The fourth-order valence-electron chi connectivity index (χ4n) is 11.6. The summed E-state index contributed by atoms with van der Waals surface area (Å²) in [7, 11) is 0. The zero-order valence-electron chi connectivity index (χ0n) is 37.5. The number of hydrogen-bond acceptors (Lipinski definition) is 2. The van der Waals surface area contributed by atoms with Crippen LogP contribution < -0.4 is 4.90 Å². The molecule has 9 aromatic carbocycles. The molecule has 2 heterocycles. The molecule has 0 saturated heterocycles. The van der Waals surface area contributed by atoms with Crippen molar-refractivity contribution in [3.05, 3.63) is 217 Å². The minimum Gasteiger partial charge on any atom is -0.455 e. The summed E-state index contributed by atoms with van der Waals surface area (Å²) in [5.74, 6) is 0.649. The molecule has 11 aromatic rings. The van der Waals surface area contributed by atoms with Gasteiger partial charge in [-0.05, 0) is 136 Å². The van der Waals surface area contributed by atoms with Gasteiger partial charge < -0.3 is 13.9 Å². The molecule has 0 unspecified atom stereocenters. The van der Waals surface area contributed by atoms with Gasteiger partial charge in [-0.25, -0.2) is 0 Å². The lowest BCUT2D eigenvalue weighted by Crippen LogP contribution is -2.15. The van der Waals surface area contributed by atoms with E-state index in [4.69, 9.17) is 4.42 Å². The van der Waals surface area contributed by atoms with Crippen LogP contribution in [0.1, 0.15) is 68.6 Å². The Morgan fingerprint density at radius 2 is 1.11 bits per heavy atom. The number of rotatable bonds is 7. The van der Waals surface area contributed by atoms with E-state index < -0.39 is 0 Å². The van der Waals surface area contributed by atoms with E-state index in [9.17, 15) is 0 Å². The number of anilines is 3. The first-order chi connectivity index (χ1) is 32.5. The predicted molar refractivity (Wildman–Crippen MR) is 277 cm³/mol. The van der Waals surface area contributed by atoms with E-state index in [1.807, 2.05) is 0 Å². The van der Waals surface area contributed by atoms with E-state index in [1.54, 1.807) is 0 Å². The first kappa shape index (κ1) is 38.8. The highest BCUT2D eigenvalue weighted by atomic mass is 16.3. The van der Waals surface area contributed by atoms with Gasteiger partial charge in [0.05, 0.1) is 11.0 Å². The summed E-state index contributed by atoms with van der Waals surface area (Å²) in [5, 5.41) is 4.72. The third-order valence-corrected chi connectivity index (χ3v) is 15.0. The number of hydrogen-bond donors (Lipinski definition) is 0. The zero-order chi connectivity index (χ0) is 43.9. The molecular weight excluding hydrogens is 801 g/mol. The molecule has 0 radical (unpaired) electrons. The Balaban J connectivity index is 0.962. The van der Waals surface area contributed by atoms with Crippen molar-refractivity contribution in [1.82, 2.24) is 4.57 Å². The maximum absolute atomic E-state index is 6.68. The van der Waals surface area contributed by atoms with Crippen molar-refractivity contribution in [2.75, 3.05) is 4.90 Å². The summed E-state index contributed by atoms with van der Waals surface area (Å²) in [6.07, 6.45) is 6.61. The Hall–Kier alpha value is -7.62. The summed E-state index contributed by atoms with van der Waals surface area (Å²) in [4.78, 5) is 2.46. The standard InChI is InChI=1S/C63H50N2O/c1-63(2)57-33-27-44(41-15-6-3-7-16-41)37-53(57)54-39-48(31-34-58(54)63)64(49-32-35-60-55(40-49)51-21-12-13-24-59(51)65(60)46-19-10-5-11-20-46)47-29-25-43(26-30-47)50-22-14-23-52-56-38-45(42-17-8-4-9-18-42)28-36-61(56)66-62(50)52/h4-5,8-14,17-41H,3,6-7,15-16H2,1-2H3. The number of benzene rings is 9. The van der Waals surface area contributed by atoms with Crippen molar-refractivity contribution in [3.63, 3.8) is 0 Å². The molecule has 0 bridgehead atoms. The van der Waals surface area contributed by atoms with Crippen LogP contribution in [0.3, 0.4) is 0 Å². The minimum atomic E-state index is -0.0836. The molecule has 13 rings (SSSR count). The van der Waals surface area contributed by atoms with Crippen molar-refractivity contribution in [2.45, 2.75) is 57.3 Å². The average molecular weight is 851 g/mol. The van der Waals surface area contributed by atoms with E-state index in [1.165, 1.54) is 92.9 Å². The summed E-state index contributed by atoms with van der Waals surface area (Å²) < 4.78 is 9.07. The van der Waals surface area contributed by atoms with Crippen molar-refractivity contribution in [2.24, 2.45) is 0 Å². The molecule has 2 aliphatic carbocycles. The van der Waals surface area contributed by atoms with Gasteiger partial charge in [-0.1, -0.05) is 161 Å². The van der Waals surface area contributed by atoms with E-state index in [2.05, 4.69) is 224 Å². The van der Waals surface area contributed by atoms with Gasteiger partial charge in [0.25, 0.3) is 0 Å². The summed E-state index contributed by atoms with van der Waals surface area (Å²) in [6.45, 7) is 4.80. The second-order valence-electron chi connectivity index (χ2n) is 19.1. The van der Waals surface area contributed by atoms with E-state index in [0.717, 1.165) is 55.8 Å². The molecule has 2 aliphatic rings. The summed E-state index contributed by atoms with van der Waals surface area (Å²) >= 11 is 0. The lowest BCUT2D eigenvalue weighted by atomic mass is 9.80. The summed E-state index contributed by atoms with van der Waals surface area (Å²) in [6, 6.07) is 74.0. The third kappa shape index (κ3) is 6.17. The van der Waals surface area contributed by atoms with Gasteiger partial charge >= 0.3 is 0 Å². The van der Waals surface area contributed by atoms with Crippen LogP contribution in [0.2, 0.25) is 0 Å². The molecular formula is C63H50N2O. The average Bonchev–Trinajstić information content (AvgIpc) is 3.99. The molecule has 2 aromatic heterocycles. The quantitative estimate of drug-likeness (QED) is 0.159. The predicted octanol–water partition coefficient (Wildman–Crippen LogP) is 17.8. The van der Waals surface area contributed by atoms with Crippen LogP contribution in [-0.4, -0.2) is 4.57 Å². The largest absolute Gasteiger partial charge is 0.455 e. The molecule has 1 fully saturated rings. The van der Waals surface area contributed by atoms with Gasteiger partial charge in [-0.2, -0.15) is 0 Å². The maximum atomic E-state index is 6.68. The van der Waals surface area contributed by atoms with Crippen LogP contribution in [0.25, 0.3) is 82.8 Å². The second kappa shape index (κ2) is 15.2.